The number of hydrogen-bond acceptors (Lipinski definition) is 4. The SMILES string of the molecule is [B]c1c([B])c([B])c(-c2c([B])c([B])c(-c3nc(-c4ccc(N5c6ccccc6-c6cccc7cccc5c67)cc4)nc(-c4ccc5c6ccccc6n(-c6ccccc6)c5c4)n3)c([B])c2[B])c([B])c1[B]. The molecule has 0 spiro atoms. The van der Waals surface area contributed by atoms with Crippen LogP contribution in [0.2, 0.25) is 0 Å². The summed E-state index contributed by atoms with van der Waals surface area (Å²) >= 11 is 0. The van der Waals surface area contributed by atoms with Crippen LogP contribution in [0.25, 0.3) is 94.7 Å². The van der Waals surface area contributed by atoms with Gasteiger partial charge in [-0.3, -0.25) is 0 Å². The summed E-state index contributed by atoms with van der Waals surface area (Å²) in [4.78, 5) is 17.6. The van der Waals surface area contributed by atoms with Crippen molar-refractivity contribution < 1.29 is 0 Å². The molecule has 14 heteroatoms. The van der Waals surface area contributed by atoms with Crippen molar-refractivity contribution in [2.45, 2.75) is 0 Å². The highest BCUT2D eigenvalue weighted by Crippen LogP contribution is 2.50. The number of nitrogens with zero attached hydrogens (tertiary/aromatic N) is 5. The van der Waals surface area contributed by atoms with Crippen molar-refractivity contribution in [3.63, 3.8) is 0 Å². The van der Waals surface area contributed by atoms with Gasteiger partial charge in [-0.2, -0.15) is 0 Å². The lowest BCUT2D eigenvalue weighted by Gasteiger charge is -2.33. The van der Waals surface area contributed by atoms with Gasteiger partial charge in [-0.15, -0.1) is 16.4 Å². The summed E-state index contributed by atoms with van der Waals surface area (Å²) in [6.07, 6.45) is 0. The van der Waals surface area contributed by atoms with E-state index in [1.165, 1.54) is 10.9 Å². The standard InChI is InChI=1S/C55H26B9N5/c56-44-41(42-46(58)50(62)52(64)51(63)47(42)59)45(57)49(61)43(48(44)60)55-66-53(65-54(67-55)29-22-25-34-32-14-4-6-17-36(32)69(39(34)26-29)30-12-2-1-3-13-30)28-20-23-31(24-21-28)68-37-18-7-5-15-33(37)35-16-8-10-27-11-9-19-38(68)40(27)35/h1-26H. The van der Waals surface area contributed by atoms with Gasteiger partial charge in [0.2, 0.25) is 0 Å². The third-order valence-electron chi connectivity index (χ3n) is 13.4. The largest absolute Gasteiger partial charge is 0.309 e. The minimum atomic E-state index is 0.0127. The molecule has 12 rings (SSSR count). The highest BCUT2D eigenvalue weighted by Gasteiger charge is 2.27. The minimum Gasteiger partial charge on any atom is -0.309 e. The van der Waals surface area contributed by atoms with Crippen LogP contribution in [0.5, 0.6) is 0 Å². The summed E-state index contributed by atoms with van der Waals surface area (Å²) < 4.78 is 2.23. The van der Waals surface area contributed by atoms with Crippen molar-refractivity contribution in [1.82, 2.24) is 19.5 Å². The quantitative estimate of drug-likeness (QED) is 0.241. The highest BCUT2D eigenvalue weighted by molar-refractivity contribution is 6.70. The second-order valence-corrected chi connectivity index (χ2v) is 17.2. The van der Waals surface area contributed by atoms with E-state index in [1.54, 1.807) is 0 Å². The first kappa shape index (κ1) is 42.8. The van der Waals surface area contributed by atoms with Crippen molar-refractivity contribution in [2.75, 3.05) is 4.90 Å². The summed E-state index contributed by atoms with van der Waals surface area (Å²) in [7, 11) is 59.4. The molecule has 0 unspecified atom stereocenters. The first-order valence-electron chi connectivity index (χ1n) is 22.1. The van der Waals surface area contributed by atoms with Crippen molar-refractivity contribution in [2.24, 2.45) is 0 Å². The van der Waals surface area contributed by atoms with Gasteiger partial charge in [0, 0.05) is 49.8 Å². The molecule has 1 aliphatic rings. The zero-order valence-electron chi connectivity index (χ0n) is 36.9. The molecule has 0 N–H and O–H groups in total. The molecular weight excluding hydrogens is 828 g/mol. The number of rotatable bonds is 6. The van der Waals surface area contributed by atoms with Crippen LogP contribution in [0.15, 0.2) is 158 Å². The van der Waals surface area contributed by atoms with E-state index in [0.717, 1.165) is 55.5 Å². The Morgan fingerprint density at radius 2 is 0.841 bits per heavy atom. The van der Waals surface area contributed by atoms with Crippen LogP contribution in [0.1, 0.15) is 0 Å². The van der Waals surface area contributed by atoms with Crippen LogP contribution in [-0.4, -0.2) is 90.1 Å². The van der Waals surface area contributed by atoms with E-state index < -0.39 is 0 Å². The molecule has 0 saturated carbocycles. The Hall–Kier alpha value is -7.57. The lowest BCUT2D eigenvalue weighted by atomic mass is 9.56. The molecular formula is C55H26B9N5. The Morgan fingerprint density at radius 1 is 0.333 bits per heavy atom. The Labute approximate surface area is 411 Å². The zero-order valence-corrected chi connectivity index (χ0v) is 36.9. The molecule has 0 amide bonds. The molecule has 0 saturated heterocycles. The fourth-order valence-electron chi connectivity index (χ4n) is 9.96. The maximum absolute atomic E-state index is 6.98. The molecule has 5 nitrogen and oxygen atoms in total. The normalized spacial score (nSPS) is 12.0. The first-order chi connectivity index (χ1) is 33.5. The third-order valence-corrected chi connectivity index (χ3v) is 13.4. The molecule has 0 aliphatic carbocycles. The number of benzene rings is 9. The van der Waals surface area contributed by atoms with Gasteiger partial charge in [-0.05, 0) is 82.7 Å². The molecule has 18 radical (unpaired) electrons. The van der Waals surface area contributed by atoms with Crippen LogP contribution in [0, 0.1) is 0 Å². The predicted octanol–water partition coefficient (Wildman–Crippen LogP) is 3.38. The van der Waals surface area contributed by atoms with Crippen LogP contribution >= 0.6 is 0 Å². The molecule has 0 fully saturated rings. The van der Waals surface area contributed by atoms with Crippen LogP contribution in [0.4, 0.5) is 17.1 Å². The Bertz CT molecular complexity index is 3910. The van der Waals surface area contributed by atoms with Gasteiger partial charge in [-0.25, -0.2) is 15.0 Å². The Morgan fingerprint density at radius 3 is 1.55 bits per heavy atom. The van der Waals surface area contributed by atoms with Gasteiger partial charge in [0.05, 0.1) is 22.4 Å². The second kappa shape index (κ2) is 16.3. The number of hydrogen-bond donors (Lipinski definition) is 0. The third kappa shape index (κ3) is 6.55. The molecule has 0 atom stereocenters. The van der Waals surface area contributed by atoms with E-state index in [1.807, 2.05) is 48.5 Å². The smallest absolute Gasteiger partial charge is 0.164 e. The zero-order chi connectivity index (χ0) is 47.4. The van der Waals surface area contributed by atoms with E-state index in [4.69, 9.17) is 85.6 Å². The lowest BCUT2D eigenvalue weighted by Crippen LogP contribution is -2.57. The molecule has 9 aromatic carbocycles. The summed E-state index contributed by atoms with van der Waals surface area (Å²) in [5.74, 6) is 0.837. The van der Waals surface area contributed by atoms with Gasteiger partial charge < -0.3 is 9.47 Å². The molecule has 0 bridgehead atoms. The molecule has 298 valence electrons. The predicted molar refractivity (Wildman–Crippen MR) is 296 cm³/mol. The van der Waals surface area contributed by atoms with E-state index in [9.17, 15) is 0 Å². The molecule has 11 aromatic rings. The number of para-hydroxylation sites is 3. The second-order valence-electron chi connectivity index (χ2n) is 17.2. The first-order valence-corrected chi connectivity index (χ1v) is 22.1. The number of anilines is 3. The molecule has 69 heavy (non-hydrogen) atoms. The summed E-state index contributed by atoms with van der Waals surface area (Å²) in [5, 5.41) is 4.52. The van der Waals surface area contributed by atoms with E-state index in [0.29, 0.717) is 22.8 Å². The maximum atomic E-state index is 6.98. The van der Waals surface area contributed by atoms with Gasteiger partial charge in [-0.1, -0.05) is 130 Å². The Balaban J connectivity index is 1.06. The van der Waals surface area contributed by atoms with Crippen molar-refractivity contribution >= 4 is 169 Å². The summed E-state index contributed by atoms with van der Waals surface area (Å²) in [6.45, 7) is 0. The lowest BCUT2D eigenvalue weighted by molar-refractivity contribution is 1.08. The van der Waals surface area contributed by atoms with Gasteiger partial charge in [0.15, 0.2) is 17.5 Å². The fraction of sp³-hybridized carbons (Fsp3) is 0. The van der Waals surface area contributed by atoms with Crippen LogP contribution < -0.4 is 54.1 Å². The van der Waals surface area contributed by atoms with Crippen molar-refractivity contribution in [1.29, 1.82) is 0 Å². The summed E-state index contributed by atoms with van der Waals surface area (Å²) in [6, 6.07) is 54.1. The van der Waals surface area contributed by atoms with Crippen LogP contribution in [0.3, 0.4) is 0 Å². The minimum absolute atomic E-state index is 0.0127. The van der Waals surface area contributed by atoms with Crippen molar-refractivity contribution in [3.8, 4) is 62.1 Å². The monoisotopic (exact) mass is 855 g/mol. The number of aromatic nitrogens is 4. The molecule has 1 aliphatic heterocycles. The highest BCUT2D eigenvalue weighted by atomic mass is 15.2. The maximum Gasteiger partial charge on any atom is 0.164 e. The average molecular weight is 854 g/mol. The average Bonchev–Trinajstić information content (AvgIpc) is 3.72. The topological polar surface area (TPSA) is 46.8 Å². The van der Waals surface area contributed by atoms with Crippen molar-refractivity contribution in [3.05, 3.63) is 158 Å². The van der Waals surface area contributed by atoms with Gasteiger partial charge in [0.1, 0.15) is 70.6 Å². The summed E-state index contributed by atoms with van der Waals surface area (Å²) in [5.41, 5.74) is 10.6. The molecule has 3 heterocycles. The van der Waals surface area contributed by atoms with Crippen LogP contribution in [-0.2, 0) is 0 Å². The fourth-order valence-corrected chi connectivity index (χ4v) is 9.96. The van der Waals surface area contributed by atoms with E-state index in [-0.39, 0.29) is 71.7 Å². The number of fused-ring (bicyclic) bond motifs is 5. The Kier molecular flexibility index (Phi) is 10.1. The van der Waals surface area contributed by atoms with Gasteiger partial charge >= 0.3 is 0 Å². The van der Waals surface area contributed by atoms with E-state index >= 15 is 0 Å². The molecule has 2 aromatic heterocycles. The van der Waals surface area contributed by atoms with Gasteiger partial charge in [0.25, 0.3) is 0 Å². The van der Waals surface area contributed by atoms with E-state index in [2.05, 4.69) is 119 Å².